The number of rotatable bonds is 5. The van der Waals surface area contributed by atoms with E-state index in [-0.39, 0.29) is 5.91 Å². The van der Waals surface area contributed by atoms with Gasteiger partial charge in [0.15, 0.2) is 0 Å². The molecule has 0 fully saturated rings. The second kappa shape index (κ2) is 7.40. The number of carbonyl (C=O) groups is 1. The third-order valence-corrected chi connectivity index (χ3v) is 4.32. The van der Waals surface area contributed by atoms with Crippen LogP contribution in [0, 0.1) is 6.92 Å². The van der Waals surface area contributed by atoms with Crippen molar-refractivity contribution in [3.8, 4) is 0 Å². The number of aromatic nitrogens is 1. The summed E-state index contributed by atoms with van der Waals surface area (Å²) < 4.78 is 0.969. The Balaban J connectivity index is 2.04. The molecule has 1 atom stereocenters. The average molecular weight is 362 g/mol. The van der Waals surface area contributed by atoms with Crippen molar-refractivity contribution in [2.24, 2.45) is 0 Å². The maximum atomic E-state index is 12.2. The number of hydrogen-bond donors (Lipinski definition) is 2. The van der Waals surface area contributed by atoms with E-state index in [1.54, 1.807) is 12.3 Å². The van der Waals surface area contributed by atoms with Gasteiger partial charge in [-0.3, -0.25) is 4.79 Å². The van der Waals surface area contributed by atoms with Crippen LogP contribution in [0.5, 0.6) is 0 Å². The Morgan fingerprint density at radius 1 is 1.32 bits per heavy atom. The van der Waals surface area contributed by atoms with Crippen LogP contribution in [0.2, 0.25) is 0 Å². The summed E-state index contributed by atoms with van der Waals surface area (Å²) in [5.41, 5.74) is 2.41. The summed E-state index contributed by atoms with van der Waals surface area (Å²) in [5, 5.41) is 6.14. The fourth-order valence-corrected chi connectivity index (χ4v) is 2.22. The van der Waals surface area contributed by atoms with E-state index < -0.39 is 0 Å². The Hall–Kier alpha value is -1.88. The lowest BCUT2D eigenvalue weighted by Gasteiger charge is -2.12. The molecule has 116 valence electrons. The predicted molar refractivity (Wildman–Crippen MR) is 94.4 cm³/mol. The lowest BCUT2D eigenvalue weighted by molar-refractivity contribution is 0.102. The van der Waals surface area contributed by atoms with Crippen molar-refractivity contribution in [3.05, 3.63) is 52.1 Å². The van der Waals surface area contributed by atoms with E-state index in [4.69, 9.17) is 0 Å². The van der Waals surface area contributed by atoms with Crippen molar-refractivity contribution in [1.29, 1.82) is 0 Å². The molecule has 0 spiro atoms. The topological polar surface area (TPSA) is 54.0 Å². The van der Waals surface area contributed by atoms with E-state index in [0.717, 1.165) is 28.0 Å². The SMILES string of the molecule is CCC(C)Nc1ccc(C(=O)Nc2ccc(C)c(Br)c2)cn1. The van der Waals surface area contributed by atoms with Crippen molar-refractivity contribution in [1.82, 2.24) is 4.98 Å². The average Bonchev–Trinajstić information content (AvgIpc) is 2.51. The van der Waals surface area contributed by atoms with E-state index in [0.29, 0.717) is 11.6 Å². The third kappa shape index (κ3) is 4.31. The Morgan fingerprint density at radius 3 is 2.68 bits per heavy atom. The molecule has 4 nitrogen and oxygen atoms in total. The highest BCUT2D eigenvalue weighted by Gasteiger charge is 2.08. The predicted octanol–water partition coefficient (Wildman–Crippen LogP) is 4.62. The summed E-state index contributed by atoms with van der Waals surface area (Å²) in [6, 6.07) is 9.68. The summed E-state index contributed by atoms with van der Waals surface area (Å²) in [6.45, 7) is 6.21. The molecule has 0 radical (unpaired) electrons. The molecule has 5 heteroatoms. The molecule has 0 aliphatic heterocycles. The molecular weight excluding hydrogens is 342 g/mol. The monoisotopic (exact) mass is 361 g/mol. The van der Waals surface area contributed by atoms with Crippen LogP contribution < -0.4 is 10.6 Å². The summed E-state index contributed by atoms with van der Waals surface area (Å²) in [7, 11) is 0. The van der Waals surface area contributed by atoms with Crippen molar-refractivity contribution in [3.63, 3.8) is 0 Å². The van der Waals surface area contributed by atoms with E-state index in [1.807, 2.05) is 31.2 Å². The fraction of sp³-hybridized carbons (Fsp3) is 0.294. The molecule has 2 aromatic rings. The molecule has 2 N–H and O–H groups in total. The fourth-order valence-electron chi connectivity index (χ4n) is 1.84. The molecule has 1 heterocycles. The van der Waals surface area contributed by atoms with Crippen molar-refractivity contribution in [2.75, 3.05) is 10.6 Å². The van der Waals surface area contributed by atoms with Gasteiger partial charge in [-0.05, 0) is 50.1 Å². The van der Waals surface area contributed by atoms with Crippen LogP contribution in [0.1, 0.15) is 36.2 Å². The van der Waals surface area contributed by atoms with E-state index in [1.165, 1.54) is 0 Å². The molecule has 1 unspecified atom stereocenters. The highest BCUT2D eigenvalue weighted by atomic mass is 79.9. The van der Waals surface area contributed by atoms with Crippen LogP contribution in [0.15, 0.2) is 41.0 Å². The van der Waals surface area contributed by atoms with Gasteiger partial charge in [0.1, 0.15) is 5.82 Å². The molecule has 1 amide bonds. The molecule has 0 aliphatic rings. The maximum absolute atomic E-state index is 12.2. The number of hydrogen-bond acceptors (Lipinski definition) is 3. The van der Waals surface area contributed by atoms with Crippen molar-refractivity contribution < 1.29 is 4.79 Å². The minimum atomic E-state index is -0.168. The number of benzene rings is 1. The Bertz CT molecular complexity index is 655. The minimum Gasteiger partial charge on any atom is -0.368 e. The van der Waals surface area contributed by atoms with Gasteiger partial charge in [0.05, 0.1) is 5.56 Å². The van der Waals surface area contributed by atoms with E-state index >= 15 is 0 Å². The van der Waals surface area contributed by atoms with E-state index in [2.05, 4.69) is 45.4 Å². The van der Waals surface area contributed by atoms with Gasteiger partial charge in [0.2, 0.25) is 0 Å². The number of carbonyl (C=O) groups excluding carboxylic acids is 1. The minimum absolute atomic E-state index is 0.168. The number of aryl methyl sites for hydroxylation is 1. The number of amides is 1. The van der Waals surface area contributed by atoms with Gasteiger partial charge in [-0.25, -0.2) is 4.98 Å². The van der Waals surface area contributed by atoms with Gasteiger partial charge in [-0.1, -0.05) is 28.9 Å². The second-order valence-electron chi connectivity index (χ2n) is 5.30. The lowest BCUT2D eigenvalue weighted by atomic mass is 10.2. The van der Waals surface area contributed by atoms with Gasteiger partial charge >= 0.3 is 0 Å². The van der Waals surface area contributed by atoms with Gasteiger partial charge in [-0.2, -0.15) is 0 Å². The van der Waals surface area contributed by atoms with Crippen LogP contribution in [0.3, 0.4) is 0 Å². The van der Waals surface area contributed by atoms with Gasteiger partial charge in [0.25, 0.3) is 5.91 Å². The van der Waals surface area contributed by atoms with Crippen LogP contribution in [0.25, 0.3) is 0 Å². The smallest absolute Gasteiger partial charge is 0.257 e. The molecule has 0 aliphatic carbocycles. The zero-order chi connectivity index (χ0) is 16.1. The quantitative estimate of drug-likeness (QED) is 0.816. The number of nitrogens with one attached hydrogen (secondary N) is 2. The van der Waals surface area contributed by atoms with Crippen LogP contribution in [0.4, 0.5) is 11.5 Å². The summed E-state index contributed by atoms with van der Waals surface area (Å²) in [4.78, 5) is 16.5. The van der Waals surface area contributed by atoms with Gasteiger partial charge < -0.3 is 10.6 Å². The molecule has 0 saturated carbocycles. The van der Waals surface area contributed by atoms with Gasteiger partial charge in [-0.15, -0.1) is 0 Å². The van der Waals surface area contributed by atoms with Crippen LogP contribution in [-0.2, 0) is 0 Å². The second-order valence-corrected chi connectivity index (χ2v) is 6.16. The number of anilines is 2. The highest BCUT2D eigenvalue weighted by molar-refractivity contribution is 9.10. The zero-order valence-corrected chi connectivity index (χ0v) is 14.6. The Kier molecular flexibility index (Phi) is 5.55. The maximum Gasteiger partial charge on any atom is 0.257 e. The largest absolute Gasteiger partial charge is 0.368 e. The highest BCUT2D eigenvalue weighted by Crippen LogP contribution is 2.21. The number of nitrogens with zero attached hydrogens (tertiary/aromatic N) is 1. The third-order valence-electron chi connectivity index (χ3n) is 3.46. The van der Waals surface area contributed by atoms with Gasteiger partial charge in [0, 0.05) is 22.4 Å². The summed E-state index contributed by atoms with van der Waals surface area (Å²) >= 11 is 3.46. The number of halogens is 1. The number of pyridine rings is 1. The van der Waals surface area contributed by atoms with E-state index in [9.17, 15) is 4.79 Å². The Labute approximate surface area is 139 Å². The first kappa shape index (κ1) is 16.5. The first-order valence-electron chi connectivity index (χ1n) is 7.29. The molecule has 0 bridgehead atoms. The standard InChI is InChI=1S/C17H20BrN3O/c1-4-12(3)20-16-8-6-13(10-19-16)17(22)21-14-7-5-11(2)15(18)9-14/h5-10,12H,4H2,1-3H3,(H,19,20)(H,21,22). The summed E-state index contributed by atoms with van der Waals surface area (Å²) in [5.74, 6) is 0.613. The molecule has 1 aromatic heterocycles. The van der Waals surface area contributed by atoms with Crippen molar-refractivity contribution >= 4 is 33.3 Å². The van der Waals surface area contributed by atoms with Crippen LogP contribution >= 0.6 is 15.9 Å². The molecular formula is C17H20BrN3O. The Morgan fingerprint density at radius 2 is 2.09 bits per heavy atom. The first-order valence-corrected chi connectivity index (χ1v) is 8.09. The molecule has 0 saturated heterocycles. The normalized spacial score (nSPS) is 11.8. The van der Waals surface area contributed by atoms with Crippen molar-refractivity contribution in [2.45, 2.75) is 33.2 Å². The van der Waals surface area contributed by atoms with Crippen LogP contribution in [-0.4, -0.2) is 16.9 Å². The zero-order valence-electron chi connectivity index (χ0n) is 13.0. The molecule has 2 rings (SSSR count). The first-order chi connectivity index (χ1) is 10.5. The molecule has 22 heavy (non-hydrogen) atoms. The summed E-state index contributed by atoms with van der Waals surface area (Å²) in [6.07, 6.45) is 2.61. The molecule has 1 aromatic carbocycles. The lowest BCUT2D eigenvalue weighted by Crippen LogP contribution is -2.16.